The monoisotopic (exact) mass is 293 g/mol. The summed E-state index contributed by atoms with van der Waals surface area (Å²) in [6.45, 7) is 1.03. The molecule has 0 spiro atoms. The van der Waals surface area contributed by atoms with Crippen LogP contribution in [0.3, 0.4) is 0 Å². The van der Waals surface area contributed by atoms with E-state index in [0.717, 1.165) is 23.0 Å². The van der Waals surface area contributed by atoms with Crippen LogP contribution in [0.25, 0.3) is 11.4 Å². The Morgan fingerprint density at radius 2 is 2.12 bits per heavy atom. The molecule has 5 heteroatoms. The van der Waals surface area contributed by atoms with Crippen molar-refractivity contribution in [2.24, 2.45) is 0 Å². The molecule has 17 heavy (non-hydrogen) atoms. The first-order valence-electron chi connectivity index (χ1n) is 5.66. The summed E-state index contributed by atoms with van der Waals surface area (Å²) in [6.07, 6.45) is 2.24. The maximum Gasteiger partial charge on any atom is 0.244 e. The molecule has 0 unspecified atom stereocenters. The minimum Gasteiger partial charge on any atom is -0.337 e. The summed E-state index contributed by atoms with van der Waals surface area (Å²) < 4.78 is 6.34. The Hall–Kier alpha value is -1.20. The zero-order valence-corrected chi connectivity index (χ0v) is 10.8. The number of hydrogen-bond donors (Lipinski definition) is 1. The first-order valence-corrected chi connectivity index (χ1v) is 6.45. The molecule has 0 saturated carbocycles. The van der Waals surface area contributed by atoms with Crippen molar-refractivity contribution >= 4 is 15.9 Å². The van der Waals surface area contributed by atoms with Crippen molar-refractivity contribution in [3.8, 4) is 11.4 Å². The van der Waals surface area contributed by atoms with Gasteiger partial charge in [-0.25, -0.2) is 0 Å². The molecule has 0 aliphatic carbocycles. The lowest BCUT2D eigenvalue weighted by molar-refractivity contribution is 0.345. The first kappa shape index (κ1) is 10.9. The summed E-state index contributed by atoms with van der Waals surface area (Å²) in [4.78, 5) is 4.44. The van der Waals surface area contributed by atoms with E-state index in [0.29, 0.717) is 11.7 Å². The Labute approximate surface area is 108 Å². The van der Waals surface area contributed by atoms with E-state index in [1.165, 1.54) is 6.42 Å². The summed E-state index contributed by atoms with van der Waals surface area (Å²) >= 11 is 3.40. The molecular weight excluding hydrogens is 282 g/mol. The van der Waals surface area contributed by atoms with Crippen LogP contribution in [0.15, 0.2) is 33.3 Å². The van der Waals surface area contributed by atoms with Crippen LogP contribution in [0.2, 0.25) is 0 Å². The van der Waals surface area contributed by atoms with Gasteiger partial charge in [-0.2, -0.15) is 4.98 Å². The van der Waals surface area contributed by atoms with Crippen molar-refractivity contribution in [3.63, 3.8) is 0 Å². The molecule has 88 valence electrons. The summed E-state index contributed by atoms with van der Waals surface area (Å²) in [6, 6.07) is 8.12. The zero-order chi connectivity index (χ0) is 11.7. The van der Waals surface area contributed by atoms with E-state index in [4.69, 9.17) is 4.52 Å². The molecule has 2 heterocycles. The number of rotatable bonds is 2. The summed E-state index contributed by atoms with van der Waals surface area (Å²) in [5.74, 6) is 1.35. The Balaban J connectivity index is 1.86. The van der Waals surface area contributed by atoms with Gasteiger partial charge in [-0.15, -0.1) is 0 Å². The van der Waals surface area contributed by atoms with E-state index in [1.54, 1.807) is 0 Å². The van der Waals surface area contributed by atoms with E-state index >= 15 is 0 Å². The second-order valence-electron chi connectivity index (χ2n) is 4.11. The molecular formula is C12H12BrN3O. The van der Waals surface area contributed by atoms with Gasteiger partial charge in [-0.1, -0.05) is 21.1 Å². The summed E-state index contributed by atoms with van der Waals surface area (Å²) in [5.41, 5.74) is 0.973. The van der Waals surface area contributed by atoms with Crippen LogP contribution in [0.5, 0.6) is 0 Å². The fourth-order valence-corrected chi connectivity index (χ4v) is 2.25. The normalized spacial score (nSPS) is 19.7. The number of nitrogens with one attached hydrogen (secondary N) is 1. The van der Waals surface area contributed by atoms with Crippen LogP contribution in [-0.4, -0.2) is 16.7 Å². The van der Waals surface area contributed by atoms with Gasteiger partial charge in [0.2, 0.25) is 11.7 Å². The third kappa shape index (κ3) is 2.25. The molecule has 1 fully saturated rings. The number of aromatic nitrogens is 2. The molecule has 0 radical (unpaired) electrons. The van der Waals surface area contributed by atoms with Crippen molar-refractivity contribution in [2.45, 2.75) is 18.9 Å². The average molecular weight is 294 g/mol. The molecule has 2 aromatic rings. The number of halogens is 1. The van der Waals surface area contributed by atoms with E-state index in [1.807, 2.05) is 24.3 Å². The van der Waals surface area contributed by atoms with Crippen LogP contribution < -0.4 is 5.32 Å². The van der Waals surface area contributed by atoms with Crippen LogP contribution in [-0.2, 0) is 0 Å². The second-order valence-corrected chi connectivity index (χ2v) is 5.03. The van der Waals surface area contributed by atoms with Gasteiger partial charge in [0.05, 0.1) is 6.04 Å². The maximum absolute atomic E-state index is 5.30. The van der Waals surface area contributed by atoms with Gasteiger partial charge in [-0.3, -0.25) is 0 Å². The lowest BCUT2D eigenvalue weighted by Crippen LogP contribution is -2.12. The molecule has 1 aromatic carbocycles. The minimum atomic E-state index is 0.228. The Morgan fingerprint density at radius 3 is 2.82 bits per heavy atom. The van der Waals surface area contributed by atoms with Crippen molar-refractivity contribution in [1.82, 2.24) is 15.5 Å². The largest absolute Gasteiger partial charge is 0.337 e. The highest BCUT2D eigenvalue weighted by Crippen LogP contribution is 2.24. The molecule has 0 bridgehead atoms. The standard InChI is InChI=1S/C12H12BrN3O/c13-9-5-3-8(4-6-9)11-15-12(17-16-11)10-2-1-7-14-10/h3-6,10,14H,1-2,7H2/t10-/m0/s1. The molecule has 1 aromatic heterocycles. The number of benzene rings is 1. The van der Waals surface area contributed by atoms with Gasteiger partial charge in [0.1, 0.15) is 0 Å². The fraction of sp³-hybridized carbons (Fsp3) is 0.333. The summed E-state index contributed by atoms with van der Waals surface area (Å²) in [5, 5.41) is 7.36. The SMILES string of the molecule is Brc1ccc(-c2noc([C@@H]3CCCN3)n2)cc1. The molecule has 1 atom stereocenters. The van der Waals surface area contributed by atoms with Crippen LogP contribution in [0.4, 0.5) is 0 Å². The fourth-order valence-electron chi connectivity index (χ4n) is 1.99. The van der Waals surface area contributed by atoms with Gasteiger partial charge >= 0.3 is 0 Å². The first-order chi connectivity index (χ1) is 8.33. The molecule has 4 nitrogen and oxygen atoms in total. The molecule has 1 aliphatic heterocycles. The van der Waals surface area contributed by atoms with Gasteiger partial charge in [0.15, 0.2) is 0 Å². The number of hydrogen-bond acceptors (Lipinski definition) is 4. The lowest BCUT2D eigenvalue weighted by Gasteiger charge is -2.01. The zero-order valence-electron chi connectivity index (χ0n) is 9.19. The third-order valence-corrected chi connectivity index (χ3v) is 3.43. The van der Waals surface area contributed by atoms with Crippen molar-refractivity contribution in [1.29, 1.82) is 0 Å². The third-order valence-electron chi connectivity index (χ3n) is 2.90. The van der Waals surface area contributed by atoms with Crippen LogP contribution >= 0.6 is 15.9 Å². The Morgan fingerprint density at radius 1 is 1.29 bits per heavy atom. The highest BCUT2D eigenvalue weighted by molar-refractivity contribution is 9.10. The topological polar surface area (TPSA) is 51.0 Å². The van der Waals surface area contributed by atoms with Crippen molar-refractivity contribution in [3.05, 3.63) is 34.6 Å². The van der Waals surface area contributed by atoms with E-state index in [2.05, 4.69) is 31.4 Å². The van der Waals surface area contributed by atoms with Gasteiger partial charge in [0, 0.05) is 10.0 Å². The minimum absolute atomic E-state index is 0.228. The predicted octanol–water partition coefficient (Wildman–Crippen LogP) is 2.92. The average Bonchev–Trinajstić information content (AvgIpc) is 3.00. The maximum atomic E-state index is 5.30. The molecule has 1 saturated heterocycles. The Kier molecular flexibility index (Phi) is 2.94. The van der Waals surface area contributed by atoms with Crippen molar-refractivity contribution in [2.75, 3.05) is 6.54 Å². The van der Waals surface area contributed by atoms with Crippen LogP contribution in [0, 0.1) is 0 Å². The van der Waals surface area contributed by atoms with E-state index in [-0.39, 0.29) is 6.04 Å². The molecule has 0 amide bonds. The quantitative estimate of drug-likeness (QED) is 0.925. The highest BCUT2D eigenvalue weighted by atomic mass is 79.9. The lowest BCUT2D eigenvalue weighted by atomic mass is 10.2. The summed E-state index contributed by atoms with van der Waals surface area (Å²) in [7, 11) is 0. The van der Waals surface area contributed by atoms with Crippen LogP contribution in [0.1, 0.15) is 24.8 Å². The van der Waals surface area contributed by atoms with Gasteiger partial charge in [0.25, 0.3) is 0 Å². The molecule has 1 N–H and O–H groups in total. The second kappa shape index (κ2) is 4.58. The highest BCUT2D eigenvalue weighted by Gasteiger charge is 2.22. The van der Waals surface area contributed by atoms with E-state index in [9.17, 15) is 0 Å². The molecule has 1 aliphatic rings. The van der Waals surface area contributed by atoms with Crippen molar-refractivity contribution < 1.29 is 4.52 Å². The Bertz CT molecular complexity index is 503. The van der Waals surface area contributed by atoms with Gasteiger partial charge < -0.3 is 9.84 Å². The smallest absolute Gasteiger partial charge is 0.244 e. The number of nitrogens with zero attached hydrogens (tertiary/aromatic N) is 2. The van der Waals surface area contributed by atoms with E-state index < -0.39 is 0 Å². The van der Waals surface area contributed by atoms with Gasteiger partial charge in [-0.05, 0) is 43.7 Å². The molecule has 3 rings (SSSR count). The predicted molar refractivity (Wildman–Crippen MR) is 67.4 cm³/mol.